The average Bonchev–Trinajstić information content (AvgIpc) is 2.61. The van der Waals surface area contributed by atoms with Gasteiger partial charge in [0.2, 0.25) is 5.91 Å². The molecule has 26 heavy (non-hydrogen) atoms. The van der Waals surface area contributed by atoms with Gasteiger partial charge in [0.05, 0.1) is 5.69 Å². The molecule has 7 heteroatoms. The summed E-state index contributed by atoms with van der Waals surface area (Å²) >= 11 is 0. The van der Waals surface area contributed by atoms with Crippen LogP contribution in [-0.2, 0) is 15.0 Å². The maximum Gasteiger partial charge on any atom is 0.304 e. The zero-order chi connectivity index (χ0) is 19.5. The van der Waals surface area contributed by atoms with Crippen molar-refractivity contribution in [3.05, 3.63) is 59.7 Å². The van der Waals surface area contributed by atoms with E-state index in [1.54, 1.807) is 25.2 Å². The highest BCUT2D eigenvalue weighted by Gasteiger charge is 2.29. The van der Waals surface area contributed by atoms with Crippen molar-refractivity contribution >= 4 is 27.5 Å². The molecule has 0 fully saturated rings. The first-order valence-corrected chi connectivity index (χ1v) is 9.63. The number of aryl methyl sites for hydroxylation is 2. The lowest BCUT2D eigenvalue weighted by Gasteiger charge is -2.30. The molecule has 0 unspecified atom stereocenters. The fourth-order valence-corrected chi connectivity index (χ4v) is 3.61. The Morgan fingerprint density at radius 3 is 2.15 bits per heavy atom. The Balaban J connectivity index is 2.42. The molecule has 0 bridgehead atoms. The number of benzene rings is 2. The number of carbonyl (C=O) groups is 1. The second-order valence-electron chi connectivity index (χ2n) is 6.38. The van der Waals surface area contributed by atoms with Gasteiger partial charge < -0.3 is 4.90 Å². The number of amides is 1. The molecule has 2 aromatic carbocycles. The third kappa shape index (κ3) is 4.23. The van der Waals surface area contributed by atoms with Crippen LogP contribution in [0, 0.1) is 13.8 Å². The van der Waals surface area contributed by atoms with Gasteiger partial charge in [-0.05, 0) is 43.2 Å². The lowest BCUT2D eigenvalue weighted by atomic mass is 10.1. The number of nitrogens with zero attached hydrogens (tertiary/aromatic N) is 3. The Hall–Kier alpha value is -2.38. The summed E-state index contributed by atoms with van der Waals surface area (Å²) in [5.74, 6) is -0.317. The van der Waals surface area contributed by atoms with E-state index in [1.807, 2.05) is 44.2 Å². The van der Waals surface area contributed by atoms with Gasteiger partial charge in [-0.2, -0.15) is 12.7 Å². The van der Waals surface area contributed by atoms with Crippen LogP contribution in [0.2, 0.25) is 0 Å². The van der Waals surface area contributed by atoms with E-state index in [0.717, 1.165) is 19.7 Å². The van der Waals surface area contributed by atoms with Crippen molar-refractivity contribution in [3.8, 4) is 0 Å². The Bertz CT molecular complexity index is 880. The van der Waals surface area contributed by atoms with E-state index in [2.05, 4.69) is 0 Å². The van der Waals surface area contributed by atoms with Crippen LogP contribution >= 0.6 is 0 Å². The summed E-state index contributed by atoms with van der Waals surface area (Å²) in [6.07, 6.45) is 0. The van der Waals surface area contributed by atoms with Gasteiger partial charge in [0, 0.05) is 26.8 Å². The maximum absolute atomic E-state index is 12.9. The van der Waals surface area contributed by atoms with E-state index in [4.69, 9.17) is 0 Å². The van der Waals surface area contributed by atoms with Crippen molar-refractivity contribution in [2.45, 2.75) is 13.8 Å². The molecule has 0 heterocycles. The van der Waals surface area contributed by atoms with Crippen molar-refractivity contribution < 1.29 is 13.2 Å². The van der Waals surface area contributed by atoms with Gasteiger partial charge in [0.25, 0.3) is 0 Å². The second-order valence-corrected chi connectivity index (χ2v) is 8.44. The molecule has 6 nitrogen and oxygen atoms in total. The fraction of sp³-hybridized carbons (Fsp3) is 0.316. The second kappa shape index (κ2) is 7.88. The molecule has 0 spiro atoms. The number of hydrogen-bond acceptors (Lipinski definition) is 3. The highest BCUT2D eigenvalue weighted by atomic mass is 32.2. The fourth-order valence-electron chi connectivity index (χ4n) is 2.50. The van der Waals surface area contributed by atoms with Gasteiger partial charge in [0.15, 0.2) is 0 Å². The monoisotopic (exact) mass is 375 g/mol. The zero-order valence-electron chi connectivity index (χ0n) is 15.8. The summed E-state index contributed by atoms with van der Waals surface area (Å²) in [5.41, 5.74) is 2.93. The molecular weight excluding hydrogens is 350 g/mol. The third-order valence-corrected chi connectivity index (χ3v) is 5.98. The quantitative estimate of drug-likeness (QED) is 0.780. The Labute approximate surface area is 155 Å². The molecule has 0 saturated heterocycles. The first-order chi connectivity index (χ1) is 12.1. The van der Waals surface area contributed by atoms with Crippen LogP contribution in [0.4, 0.5) is 11.4 Å². The van der Waals surface area contributed by atoms with Crippen LogP contribution < -0.4 is 9.21 Å². The molecule has 2 aromatic rings. The molecule has 0 aliphatic rings. The lowest BCUT2D eigenvalue weighted by Crippen LogP contribution is -2.46. The minimum absolute atomic E-state index is 0.282. The molecule has 0 atom stereocenters. The highest BCUT2D eigenvalue weighted by Crippen LogP contribution is 2.25. The molecule has 140 valence electrons. The molecule has 0 radical (unpaired) electrons. The summed E-state index contributed by atoms with van der Waals surface area (Å²) in [4.78, 5) is 14.3. The predicted octanol–water partition coefficient (Wildman–Crippen LogP) is 2.58. The molecular formula is C19H25N3O3S. The van der Waals surface area contributed by atoms with Crippen LogP contribution in [0.25, 0.3) is 0 Å². The Morgan fingerprint density at radius 1 is 0.962 bits per heavy atom. The van der Waals surface area contributed by atoms with E-state index >= 15 is 0 Å². The van der Waals surface area contributed by atoms with Crippen LogP contribution in [-0.4, -0.2) is 46.3 Å². The third-order valence-electron chi connectivity index (χ3n) is 4.17. The molecule has 0 aromatic heterocycles. The van der Waals surface area contributed by atoms with Crippen molar-refractivity contribution in [1.82, 2.24) is 4.31 Å². The normalized spacial score (nSPS) is 11.5. The SMILES string of the molecule is Cc1ccc(C)c(N(CC(=O)N(C)c2ccccc2)S(=O)(=O)N(C)C)c1. The minimum atomic E-state index is -3.82. The Morgan fingerprint density at radius 2 is 1.58 bits per heavy atom. The van der Waals surface area contributed by atoms with Crippen molar-refractivity contribution in [3.63, 3.8) is 0 Å². The first kappa shape index (κ1) is 19.9. The average molecular weight is 375 g/mol. The van der Waals surface area contributed by atoms with E-state index in [1.165, 1.54) is 19.0 Å². The molecule has 2 rings (SSSR count). The van der Waals surface area contributed by atoms with E-state index in [9.17, 15) is 13.2 Å². The van der Waals surface area contributed by atoms with Crippen molar-refractivity contribution in [1.29, 1.82) is 0 Å². The summed E-state index contributed by atoms with van der Waals surface area (Å²) in [5, 5.41) is 0. The van der Waals surface area contributed by atoms with Crippen LogP contribution in [0.15, 0.2) is 48.5 Å². The van der Waals surface area contributed by atoms with E-state index in [0.29, 0.717) is 11.4 Å². The molecule has 0 N–H and O–H groups in total. The molecule has 0 aliphatic carbocycles. The van der Waals surface area contributed by atoms with Crippen molar-refractivity contribution in [2.75, 3.05) is 36.9 Å². The lowest BCUT2D eigenvalue weighted by molar-refractivity contribution is -0.116. The van der Waals surface area contributed by atoms with Gasteiger partial charge >= 0.3 is 10.2 Å². The predicted molar refractivity (Wildman–Crippen MR) is 106 cm³/mol. The summed E-state index contributed by atoms with van der Waals surface area (Å²) in [7, 11) is 0.732. The number of likely N-dealkylation sites (N-methyl/N-ethyl adjacent to an activating group) is 1. The van der Waals surface area contributed by atoms with Gasteiger partial charge in [-0.25, -0.2) is 4.31 Å². The summed E-state index contributed by atoms with van der Waals surface area (Å²) in [6, 6.07) is 14.7. The van der Waals surface area contributed by atoms with Gasteiger partial charge in [-0.1, -0.05) is 30.3 Å². The minimum Gasteiger partial charge on any atom is -0.314 e. The summed E-state index contributed by atoms with van der Waals surface area (Å²) < 4.78 is 28.0. The maximum atomic E-state index is 12.9. The van der Waals surface area contributed by atoms with Gasteiger partial charge in [0.1, 0.15) is 6.54 Å². The van der Waals surface area contributed by atoms with Gasteiger partial charge in [-0.3, -0.25) is 4.79 Å². The Kier molecular flexibility index (Phi) is 6.05. The number of para-hydroxylation sites is 1. The van der Waals surface area contributed by atoms with Crippen molar-refractivity contribution in [2.24, 2.45) is 0 Å². The van der Waals surface area contributed by atoms with Crippen LogP contribution in [0.5, 0.6) is 0 Å². The number of hydrogen-bond donors (Lipinski definition) is 0. The largest absolute Gasteiger partial charge is 0.314 e. The first-order valence-electron chi connectivity index (χ1n) is 8.23. The molecule has 1 amide bonds. The standard InChI is InChI=1S/C19H25N3O3S/c1-15-11-12-16(2)18(13-15)22(26(24,25)20(3)4)14-19(23)21(5)17-9-7-6-8-10-17/h6-13H,14H2,1-5H3. The number of carbonyl (C=O) groups excluding carboxylic acids is 1. The van der Waals surface area contributed by atoms with Crippen LogP contribution in [0.3, 0.4) is 0 Å². The smallest absolute Gasteiger partial charge is 0.304 e. The van der Waals surface area contributed by atoms with Gasteiger partial charge in [-0.15, -0.1) is 0 Å². The molecule has 0 aliphatic heterocycles. The topological polar surface area (TPSA) is 60.9 Å². The van der Waals surface area contributed by atoms with Crippen LogP contribution in [0.1, 0.15) is 11.1 Å². The van der Waals surface area contributed by atoms with E-state index in [-0.39, 0.29) is 12.5 Å². The molecule has 0 saturated carbocycles. The highest BCUT2D eigenvalue weighted by molar-refractivity contribution is 7.90. The van der Waals surface area contributed by atoms with E-state index < -0.39 is 10.2 Å². The zero-order valence-corrected chi connectivity index (χ0v) is 16.6. The number of rotatable bonds is 6. The summed E-state index contributed by atoms with van der Waals surface area (Å²) in [6.45, 7) is 3.44. The number of anilines is 2.